The molecule has 3 rings (SSSR count). The minimum Gasteiger partial charge on any atom is -0.494 e. The van der Waals surface area contributed by atoms with E-state index in [-0.39, 0.29) is 5.82 Å². The van der Waals surface area contributed by atoms with E-state index < -0.39 is 0 Å². The van der Waals surface area contributed by atoms with Gasteiger partial charge in [-0.2, -0.15) is 0 Å². The molecular weight excluding hydrogens is 335 g/mol. The second kappa shape index (κ2) is 8.62. The average Bonchev–Trinajstić information content (AvgIpc) is 3.09. The number of rotatable bonds is 8. The van der Waals surface area contributed by atoms with Crippen molar-refractivity contribution in [2.75, 3.05) is 11.9 Å². The summed E-state index contributed by atoms with van der Waals surface area (Å²) < 4.78 is 18.7. The predicted molar refractivity (Wildman–Crippen MR) is 102 cm³/mol. The van der Waals surface area contributed by atoms with Gasteiger partial charge in [-0.15, -0.1) is 11.3 Å². The van der Waals surface area contributed by atoms with Crippen molar-refractivity contribution < 1.29 is 9.13 Å². The van der Waals surface area contributed by atoms with Gasteiger partial charge in [0, 0.05) is 16.6 Å². The molecule has 0 fully saturated rings. The highest BCUT2D eigenvalue weighted by molar-refractivity contribution is 7.14. The van der Waals surface area contributed by atoms with E-state index in [1.807, 2.05) is 29.6 Å². The fourth-order valence-electron chi connectivity index (χ4n) is 2.38. The standard InChI is InChI=1S/C20H21FN2OS/c1-2-3-4-13-24-18-11-9-17(10-12-18)22-20-23-19(14-25-20)15-5-7-16(21)8-6-15/h5-12,14H,2-4,13H2,1H3,(H,22,23). The molecule has 0 saturated carbocycles. The number of unbranched alkanes of at least 4 members (excludes halogenated alkanes) is 2. The number of anilines is 2. The third kappa shape index (κ3) is 5.03. The summed E-state index contributed by atoms with van der Waals surface area (Å²) in [5, 5.41) is 6.05. The van der Waals surface area contributed by atoms with Crippen molar-refractivity contribution in [1.82, 2.24) is 4.98 Å². The second-order valence-corrected chi connectivity index (χ2v) is 6.61. The molecule has 1 aromatic heterocycles. The maximum absolute atomic E-state index is 13.0. The van der Waals surface area contributed by atoms with E-state index in [2.05, 4.69) is 17.2 Å². The largest absolute Gasteiger partial charge is 0.494 e. The summed E-state index contributed by atoms with van der Waals surface area (Å²) in [5.74, 6) is 0.641. The molecule has 1 heterocycles. The number of thiazole rings is 1. The lowest BCUT2D eigenvalue weighted by atomic mass is 10.2. The molecule has 1 N–H and O–H groups in total. The SMILES string of the molecule is CCCCCOc1ccc(Nc2nc(-c3ccc(F)cc3)cs2)cc1. The molecule has 3 aromatic rings. The maximum atomic E-state index is 13.0. The van der Waals surface area contributed by atoms with E-state index >= 15 is 0 Å². The van der Waals surface area contributed by atoms with Gasteiger partial charge in [0.1, 0.15) is 11.6 Å². The van der Waals surface area contributed by atoms with Crippen LogP contribution in [0, 0.1) is 5.82 Å². The Kier molecular flexibility index (Phi) is 6.01. The Balaban J connectivity index is 1.58. The van der Waals surface area contributed by atoms with Crippen LogP contribution in [0.1, 0.15) is 26.2 Å². The summed E-state index contributed by atoms with van der Waals surface area (Å²) >= 11 is 1.52. The normalized spacial score (nSPS) is 10.6. The molecule has 0 atom stereocenters. The van der Waals surface area contributed by atoms with Crippen molar-refractivity contribution in [3.05, 3.63) is 59.7 Å². The molecule has 2 aromatic carbocycles. The third-order valence-electron chi connectivity index (χ3n) is 3.77. The summed E-state index contributed by atoms with van der Waals surface area (Å²) in [7, 11) is 0. The summed E-state index contributed by atoms with van der Waals surface area (Å²) in [6.07, 6.45) is 3.47. The highest BCUT2D eigenvalue weighted by atomic mass is 32.1. The van der Waals surface area contributed by atoms with Crippen molar-refractivity contribution in [3.8, 4) is 17.0 Å². The van der Waals surface area contributed by atoms with Gasteiger partial charge in [-0.05, 0) is 55.0 Å². The van der Waals surface area contributed by atoms with Crippen LogP contribution in [-0.2, 0) is 0 Å². The summed E-state index contributed by atoms with van der Waals surface area (Å²) in [4.78, 5) is 4.55. The number of hydrogen-bond acceptors (Lipinski definition) is 4. The Morgan fingerprint density at radius 2 is 1.80 bits per heavy atom. The molecule has 0 spiro atoms. The van der Waals surface area contributed by atoms with Gasteiger partial charge in [-0.3, -0.25) is 0 Å². The van der Waals surface area contributed by atoms with Crippen LogP contribution in [0.4, 0.5) is 15.2 Å². The molecular formula is C20H21FN2OS. The van der Waals surface area contributed by atoms with Gasteiger partial charge in [0.25, 0.3) is 0 Å². The van der Waals surface area contributed by atoms with Crippen LogP contribution in [0.15, 0.2) is 53.9 Å². The van der Waals surface area contributed by atoms with Gasteiger partial charge >= 0.3 is 0 Å². The van der Waals surface area contributed by atoms with Crippen molar-refractivity contribution in [1.29, 1.82) is 0 Å². The topological polar surface area (TPSA) is 34.1 Å². The first-order chi connectivity index (χ1) is 12.2. The van der Waals surface area contributed by atoms with E-state index in [1.165, 1.54) is 36.3 Å². The van der Waals surface area contributed by atoms with Gasteiger partial charge in [0.05, 0.1) is 12.3 Å². The highest BCUT2D eigenvalue weighted by Gasteiger charge is 2.05. The lowest BCUT2D eigenvalue weighted by Gasteiger charge is -2.07. The van der Waals surface area contributed by atoms with Gasteiger partial charge in [-0.1, -0.05) is 19.8 Å². The third-order valence-corrected chi connectivity index (χ3v) is 4.52. The van der Waals surface area contributed by atoms with Gasteiger partial charge < -0.3 is 10.1 Å². The van der Waals surface area contributed by atoms with Crippen molar-refractivity contribution in [3.63, 3.8) is 0 Å². The Morgan fingerprint density at radius 3 is 2.52 bits per heavy atom. The monoisotopic (exact) mass is 356 g/mol. The molecule has 25 heavy (non-hydrogen) atoms. The number of aromatic nitrogens is 1. The Hall–Kier alpha value is -2.40. The Bertz CT molecular complexity index is 784. The minimum atomic E-state index is -0.241. The van der Waals surface area contributed by atoms with E-state index in [0.29, 0.717) is 0 Å². The van der Waals surface area contributed by atoms with Crippen LogP contribution >= 0.6 is 11.3 Å². The van der Waals surface area contributed by atoms with Crippen molar-refractivity contribution in [2.24, 2.45) is 0 Å². The highest BCUT2D eigenvalue weighted by Crippen LogP contribution is 2.28. The zero-order valence-electron chi connectivity index (χ0n) is 14.2. The van der Waals surface area contributed by atoms with Crippen LogP contribution in [-0.4, -0.2) is 11.6 Å². The fraction of sp³-hybridized carbons (Fsp3) is 0.250. The molecule has 0 unspecified atom stereocenters. The number of hydrogen-bond donors (Lipinski definition) is 1. The summed E-state index contributed by atoms with van der Waals surface area (Å²) in [5.41, 5.74) is 2.70. The number of nitrogens with one attached hydrogen (secondary N) is 1. The number of halogens is 1. The first-order valence-electron chi connectivity index (χ1n) is 8.46. The van der Waals surface area contributed by atoms with Crippen LogP contribution in [0.25, 0.3) is 11.3 Å². The van der Waals surface area contributed by atoms with E-state index in [4.69, 9.17) is 4.74 Å². The number of benzene rings is 2. The molecule has 5 heteroatoms. The molecule has 0 bridgehead atoms. The molecule has 0 amide bonds. The molecule has 0 radical (unpaired) electrons. The van der Waals surface area contributed by atoms with Crippen LogP contribution < -0.4 is 10.1 Å². The fourth-order valence-corrected chi connectivity index (χ4v) is 3.12. The zero-order chi connectivity index (χ0) is 17.5. The van der Waals surface area contributed by atoms with E-state index in [9.17, 15) is 4.39 Å². The summed E-state index contributed by atoms with van der Waals surface area (Å²) in [6.45, 7) is 2.94. The minimum absolute atomic E-state index is 0.241. The molecule has 0 aliphatic carbocycles. The van der Waals surface area contributed by atoms with E-state index in [1.54, 1.807) is 12.1 Å². The molecule has 3 nitrogen and oxygen atoms in total. The maximum Gasteiger partial charge on any atom is 0.187 e. The van der Waals surface area contributed by atoms with Gasteiger partial charge in [-0.25, -0.2) is 9.37 Å². The molecule has 130 valence electrons. The lowest BCUT2D eigenvalue weighted by Crippen LogP contribution is -1.97. The zero-order valence-corrected chi connectivity index (χ0v) is 15.0. The van der Waals surface area contributed by atoms with Crippen LogP contribution in [0.5, 0.6) is 5.75 Å². The van der Waals surface area contributed by atoms with Crippen LogP contribution in [0.2, 0.25) is 0 Å². The molecule has 0 saturated heterocycles. The van der Waals surface area contributed by atoms with E-state index in [0.717, 1.165) is 40.9 Å². The predicted octanol–water partition coefficient (Wildman–Crippen LogP) is 6.26. The molecule has 0 aliphatic rings. The summed E-state index contributed by atoms with van der Waals surface area (Å²) in [6, 6.07) is 14.2. The average molecular weight is 356 g/mol. The van der Waals surface area contributed by atoms with Gasteiger partial charge in [0.15, 0.2) is 5.13 Å². The van der Waals surface area contributed by atoms with Crippen LogP contribution in [0.3, 0.4) is 0 Å². The number of nitrogens with zero attached hydrogens (tertiary/aromatic N) is 1. The quantitative estimate of drug-likeness (QED) is 0.484. The number of ether oxygens (including phenoxy) is 1. The second-order valence-electron chi connectivity index (χ2n) is 5.75. The van der Waals surface area contributed by atoms with Crippen molar-refractivity contribution in [2.45, 2.75) is 26.2 Å². The lowest BCUT2D eigenvalue weighted by molar-refractivity contribution is 0.306. The first kappa shape index (κ1) is 17.4. The Morgan fingerprint density at radius 1 is 1.04 bits per heavy atom. The Labute approximate surface area is 151 Å². The van der Waals surface area contributed by atoms with Crippen molar-refractivity contribution >= 4 is 22.2 Å². The smallest absolute Gasteiger partial charge is 0.187 e. The first-order valence-corrected chi connectivity index (χ1v) is 9.34. The molecule has 0 aliphatic heterocycles. The van der Waals surface area contributed by atoms with Gasteiger partial charge in [0.2, 0.25) is 0 Å².